The maximum absolute atomic E-state index is 13.5. The normalized spacial score (nSPS) is 18.6. The van der Waals surface area contributed by atoms with E-state index in [1.54, 1.807) is 23.1 Å². The Hall–Kier alpha value is -2.90. The topological polar surface area (TPSA) is 84.5 Å². The molecule has 1 aromatic heterocycles. The number of benzene rings is 1. The van der Waals surface area contributed by atoms with Gasteiger partial charge < -0.3 is 19.4 Å². The molecule has 7 nitrogen and oxygen atoms in total. The first-order valence-corrected chi connectivity index (χ1v) is 8.01. The molecule has 1 atom stereocenters. The van der Waals surface area contributed by atoms with Crippen LogP contribution in [0.2, 0.25) is 0 Å². The number of nitrogens with zero attached hydrogens (tertiary/aromatic N) is 2. The molecule has 1 aromatic carbocycles. The van der Waals surface area contributed by atoms with Crippen LogP contribution in [0.5, 0.6) is 11.5 Å². The fourth-order valence-corrected chi connectivity index (χ4v) is 3.24. The van der Waals surface area contributed by atoms with E-state index in [-0.39, 0.29) is 24.4 Å². The van der Waals surface area contributed by atoms with Crippen molar-refractivity contribution in [2.45, 2.75) is 25.8 Å². The Kier molecular flexibility index (Phi) is 3.67. The van der Waals surface area contributed by atoms with E-state index in [0.717, 1.165) is 6.42 Å². The Balaban J connectivity index is 1.65. The number of halogens is 1. The second-order valence-electron chi connectivity index (χ2n) is 6.08. The van der Waals surface area contributed by atoms with Crippen molar-refractivity contribution >= 4 is 5.91 Å². The van der Waals surface area contributed by atoms with Gasteiger partial charge in [0, 0.05) is 12.1 Å². The molecular formula is C17H16FN3O4. The van der Waals surface area contributed by atoms with Crippen molar-refractivity contribution in [3.05, 3.63) is 51.5 Å². The zero-order valence-electron chi connectivity index (χ0n) is 13.5. The third-order valence-electron chi connectivity index (χ3n) is 4.50. The smallest absolute Gasteiger partial charge is 0.287 e. The molecule has 1 N–H and O–H groups in total. The van der Waals surface area contributed by atoms with E-state index in [2.05, 4.69) is 9.97 Å². The van der Waals surface area contributed by atoms with Crippen molar-refractivity contribution in [3.8, 4) is 11.5 Å². The minimum Gasteiger partial charge on any atom is -0.454 e. The number of carbonyl (C=O) groups is 1. The number of hydrogen-bond acceptors (Lipinski definition) is 5. The Labute approximate surface area is 142 Å². The average molecular weight is 345 g/mol. The van der Waals surface area contributed by atoms with E-state index >= 15 is 0 Å². The molecule has 4 rings (SSSR count). The van der Waals surface area contributed by atoms with Gasteiger partial charge >= 0.3 is 0 Å². The summed E-state index contributed by atoms with van der Waals surface area (Å²) in [5.41, 5.74) is -0.316. The average Bonchev–Trinajstić information content (AvgIpc) is 3.26. The number of nitrogens with one attached hydrogen (secondary N) is 1. The lowest BCUT2D eigenvalue weighted by Gasteiger charge is -2.24. The van der Waals surface area contributed by atoms with Gasteiger partial charge in [-0.2, -0.15) is 4.39 Å². The molecule has 0 saturated carbocycles. The highest BCUT2D eigenvalue weighted by atomic mass is 19.1. The molecule has 1 fully saturated rings. The molecule has 0 spiro atoms. The summed E-state index contributed by atoms with van der Waals surface area (Å²) >= 11 is 0. The van der Waals surface area contributed by atoms with Crippen LogP contribution in [0.1, 0.15) is 40.8 Å². The summed E-state index contributed by atoms with van der Waals surface area (Å²) in [5.74, 6) is 0.372. The molecule has 0 aliphatic carbocycles. The van der Waals surface area contributed by atoms with Crippen LogP contribution in [0.15, 0.2) is 23.0 Å². The first-order valence-electron chi connectivity index (χ1n) is 8.01. The zero-order valence-corrected chi connectivity index (χ0v) is 13.5. The molecule has 130 valence electrons. The van der Waals surface area contributed by atoms with Crippen LogP contribution < -0.4 is 15.0 Å². The molecule has 1 saturated heterocycles. The van der Waals surface area contributed by atoms with Crippen LogP contribution >= 0.6 is 0 Å². The number of H-pyrrole nitrogens is 1. The van der Waals surface area contributed by atoms with Crippen molar-refractivity contribution < 1.29 is 18.7 Å². The van der Waals surface area contributed by atoms with Crippen molar-refractivity contribution in [1.29, 1.82) is 0 Å². The van der Waals surface area contributed by atoms with Gasteiger partial charge in [0.1, 0.15) is 5.82 Å². The summed E-state index contributed by atoms with van der Waals surface area (Å²) in [6.07, 6.45) is 1.44. The Bertz CT molecular complexity index is 911. The fraction of sp³-hybridized carbons (Fsp3) is 0.353. The van der Waals surface area contributed by atoms with E-state index in [1.807, 2.05) is 0 Å². The third kappa shape index (κ3) is 2.63. The maximum atomic E-state index is 13.5. The highest BCUT2D eigenvalue weighted by molar-refractivity contribution is 5.95. The number of ether oxygens (including phenoxy) is 2. The maximum Gasteiger partial charge on any atom is 0.287 e. The number of likely N-dealkylation sites (tertiary alicyclic amines) is 1. The summed E-state index contributed by atoms with van der Waals surface area (Å²) in [6.45, 7) is 2.12. The van der Waals surface area contributed by atoms with Gasteiger partial charge in [0.15, 0.2) is 11.5 Å². The van der Waals surface area contributed by atoms with Crippen LogP contribution in [0.25, 0.3) is 0 Å². The standard InChI is InChI=1S/C17H16FN3O4/c1-9-14(18)16(22)20-15(19-9)11-3-2-6-21(11)17(23)10-4-5-12-13(7-10)25-8-24-12/h4-5,7,11H,2-3,6,8H2,1H3,(H,19,20,22). The zero-order chi connectivity index (χ0) is 17.6. The highest BCUT2D eigenvalue weighted by Crippen LogP contribution is 2.35. The molecule has 8 heteroatoms. The molecule has 2 aromatic rings. The number of fused-ring (bicyclic) bond motifs is 1. The van der Waals surface area contributed by atoms with Gasteiger partial charge in [0.2, 0.25) is 12.6 Å². The minimum absolute atomic E-state index is 0.0288. The van der Waals surface area contributed by atoms with Gasteiger partial charge in [-0.3, -0.25) is 9.59 Å². The molecule has 1 amide bonds. The second kappa shape index (κ2) is 5.87. The van der Waals surface area contributed by atoms with Gasteiger partial charge in [-0.05, 0) is 38.0 Å². The molecular weight excluding hydrogens is 329 g/mol. The third-order valence-corrected chi connectivity index (χ3v) is 4.50. The monoisotopic (exact) mass is 345 g/mol. The molecule has 25 heavy (non-hydrogen) atoms. The molecule has 2 aliphatic heterocycles. The van der Waals surface area contributed by atoms with Gasteiger partial charge in [-0.25, -0.2) is 4.98 Å². The Morgan fingerprint density at radius 1 is 1.36 bits per heavy atom. The van der Waals surface area contributed by atoms with Crippen molar-refractivity contribution in [2.75, 3.05) is 13.3 Å². The summed E-state index contributed by atoms with van der Waals surface area (Å²) in [6, 6.07) is 4.64. The largest absolute Gasteiger partial charge is 0.454 e. The van der Waals surface area contributed by atoms with E-state index in [4.69, 9.17) is 9.47 Å². The number of carbonyl (C=O) groups excluding carboxylic acids is 1. The first kappa shape index (κ1) is 15.6. The van der Waals surface area contributed by atoms with Gasteiger partial charge in [0.05, 0.1) is 11.7 Å². The quantitative estimate of drug-likeness (QED) is 0.899. The number of aromatic nitrogens is 2. The molecule has 1 unspecified atom stereocenters. The molecule has 3 heterocycles. The van der Waals surface area contributed by atoms with Crippen molar-refractivity contribution in [3.63, 3.8) is 0 Å². The van der Waals surface area contributed by atoms with Gasteiger partial charge in [-0.15, -0.1) is 0 Å². The van der Waals surface area contributed by atoms with Crippen LogP contribution in [-0.2, 0) is 0 Å². The summed E-state index contributed by atoms with van der Waals surface area (Å²) in [7, 11) is 0. The SMILES string of the molecule is Cc1nc(C2CCCN2C(=O)c2ccc3c(c2)OCO3)[nH]c(=O)c1F. The predicted molar refractivity (Wildman–Crippen MR) is 85.1 cm³/mol. The van der Waals surface area contributed by atoms with Crippen molar-refractivity contribution in [2.24, 2.45) is 0 Å². The fourth-order valence-electron chi connectivity index (χ4n) is 3.24. The highest BCUT2D eigenvalue weighted by Gasteiger charge is 2.33. The van der Waals surface area contributed by atoms with Gasteiger partial charge in [0.25, 0.3) is 11.5 Å². The van der Waals surface area contributed by atoms with Crippen molar-refractivity contribution in [1.82, 2.24) is 14.9 Å². The van der Waals surface area contributed by atoms with Crippen LogP contribution in [0.4, 0.5) is 4.39 Å². The number of amides is 1. The minimum atomic E-state index is -0.893. The lowest BCUT2D eigenvalue weighted by atomic mass is 10.1. The summed E-state index contributed by atoms with van der Waals surface area (Å²) in [4.78, 5) is 32.8. The molecule has 2 aliphatic rings. The number of rotatable bonds is 2. The molecule has 0 bridgehead atoms. The number of aryl methyl sites for hydroxylation is 1. The van der Waals surface area contributed by atoms with Gasteiger partial charge in [-0.1, -0.05) is 0 Å². The molecule has 0 radical (unpaired) electrons. The second-order valence-corrected chi connectivity index (χ2v) is 6.08. The van der Waals surface area contributed by atoms with Crippen LogP contribution in [-0.4, -0.2) is 34.1 Å². The van der Waals surface area contributed by atoms with E-state index < -0.39 is 11.4 Å². The Morgan fingerprint density at radius 3 is 2.96 bits per heavy atom. The summed E-state index contributed by atoms with van der Waals surface area (Å²) in [5, 5.41) is 0. The summed E-state index contributed by atoms with van der Waals surface area (Å²) < 4.78 is 24.1. The number of hydrogen-bond donors (Lipinski definition) is 1. The predicted octanol–water partition coefficient (Wildman–Crippen LogP) is 1.92. The first-order chi connectivity index (χ1) is 12.0. The van der Waals surface area contributed by atoms with E-state index in [1.165, 1.54) is 6.92 Å². The van der Waals surface area contributed by atoms with Crippen LogP contribution in [0.3, 0.4) is 0 Å². The number of aromatic amines is 1. The van der Waals surface area contributed by atoms with E-state index in [9.17, 15) is 14.0 Å². The van der Waals surface area contributed by atoms with Crippen LogP contribution in [0, 0.1) is 12.7 Å². The lowest BCUT2D eigenvalue weighted by Crippen LogP contribution is -2.33. The van der Waals surface area contributed by atoms with E-state index in [0.29, 0.717) is 35.9 Å². The Morgan fingerprint density at radius 2 is 2.16 bits per heavy atom. The lowest BCUT2D eigenvalue weighted by molar-refractivity contribution is 0.0729.